The largest absolute Gasteiger partial charge is 0.481 e. The van der Waals surface area contributed by atoms with E-state index in [0.717, 1.165) is 32.1 Å². The fourth-order valence-electron chi connectivity index (χ4n) is 3.40. The Morgan fingerprint density at radius 2 is 0.778 bits per heavy atom. The van der Waals surface area contributed by atoms with E-state index in [-0.39, 0.29) is 0 Å². The van der Waals surface area contributed by atoms with Crippen LogP contribution in [-0.4, -0.2) is 27.4 Å². The fraction of sp³-hybridized carbons (Fsp3) is 0.909. The first kappa shape index (κ1) is 26.3. The molecule has 4 nitrogen and oxygen atoms in total. The molecule has 0 spiro atoms. The molecule has 0 aromatic rings. The van der Waals surface area contributed by atoms with Gasteiger partial charge in [-0.3, -0.25) is 9.59 Å². The number of carboxylic acids is 2. The molecule has 0 saturated carbocycles. The maximum atomic E-state index is 10.4. The van der Waals surface area contributed by atoms with Crippen LogP contribution >= 0.6 is 12.6 Å². The van der Waals surface area contributed by atoms with Crippen molar-refractivity contribution in [3.05, 3.63) is 0 Å². The van der Waals surface area contributed by atoms with Crippen molar-refractivity contribution < 1.29 is 19.8 Å². The molecule has 0 bridgehead atoms. The molecular formula is C22H42O4S. The summed E-state index contributed by atoms with van der Waals surface area (Å²) in [6, 6.07) is 0. The summed E-state index contributed by atoms with van der Waals surface area (Å²) >= 11 is 4.72. The molecule has 2 N–H and O–H groups in total. The zero-order valence-electron chi connectivity index (χ0n) is 17.2. The van der Waals surface area contributed by atoms with Crippen molar-refractivity contribution in [3.8, 4) is 0 Å². The van der Waals surface area contributed by atoms with Crippen LogP contribution in [-0.2, 0) is 9.59 Å². The topological polar surface area (TPSA) is 74.6 Å². The van der Waals surface area contributed by atoms with Gasteiger partial charge < -0.3 is 10.2 Å². The normalized spacial score (nSPS) is 12.2. The van der Waals surface area contributed by atoms with E-state index in [2.05, 4.69) is 0 Å². The molecule has 0 rings (SSSR count). The van der Waals surface area contributed by atoms with E-state index in [0.29, 0.717) is 18.1 Å². The van der Waals surface area contributed by atoms with Crippen molar-refractivity contribution in [2.24, 2.45) is 0 Å². The molecule has 0 fully saturated rings. The Morgan fingerprint density at radius 3 is 1.07 bits per heavy atom. The van der Waals surface area contributed by atoms with Crippen molar-refractivity contribution in [3.63, 3.8) is 0 Å². The molecule has 1 unspecified atom stereocenters. The first-order valence-corrected chi connectivity index (χ1v) is 11.7. The first-order valence-electron chi connectivity index (χ1n) is 11.1. The van der Waals surface area contributed by atoms with Gasteiger partial charge in [0, 0.05) is 18.1 Å². The molecule has 27 heavy (non-hydrogen) atoms. The summed E-state index contributed by atoms with van der Waals surface area (Å²) in [5.74, 6) is -1.35. The molecule has 5 heteroatoms. The van der Waals surface area contributed by atoms with Crippen LogP contribution < -0.4 is 0 Å². The van der Waals surface area contributed by atoms with Gasteiger partial charge in [-0.2, -0.15) is 12.6 Å². The van der Waals surface area contributed by atoms with E-state index in [1.165, 1.54) is 77.0 Å². The van der Waals surface area contributed by atoms with Crippen LogP contribution in [0.2, 0.25) is 0 Å². The molecule has 160 valence electrons. The lowest BCUT2D eigenvalue weighted by atomic mass is 10.0. The third-order valence-electron chi connectivity index (χ3n) is 5.11. The second-order valence-corrected chi connectivity index (χ2v) is 8.55. The zero-order chi connectivity index (χ0) is 20.2. The Hall–Kier alpha value is -0.710. The number of aliphatic carboxylic acids is 2. The maximum absolute atomic E-state index is 10.4. The minimum Gasteiger partial charge on any atom is -0.481 e. The Bertz CT molecular complexity index is 360. The second kappa shape index (κ2) is 20.0. The standard InChI is InChI=1S/C22H42O4S/c23-21(24)18-14-10-6-2-1-4-8-12-16-20(27)17-13-9-5-3-7-11-15-19-22(25)26/h20,27H,1-19H2,(H,23,24)(H,25,26). The second-order valence-electron chi connectivity index (χ2n) is 7.82. The van der Waals surface area contributed by atoms with Crippen molar-refractivity contribution in [2.45, 2.75) is 127 Å². The number of unbranched alkanes of at least 4 members (excludes halogenated alkanes) is 13. The number of rotatable bonds is 21. The summed E-state index contributed by atoms with van der Waals surface area (Å²) in [7, 11) is 0. The fourth-order valence-corrected chi connectivity index (χ4v) is 3.77. The van der Waals surface area contributed by atoms with E-state index in [1.54, 1.807) is 0 Å². The van der Waals surface area contributed by atoms with Gasteiger partial charge in [0.1, 0.15) is 0 Å². The molecule has 1 atom stereocenters. The molecule has 0 aromatic carbocycles. The van der Waals surface area contributed by atoms with E-state index < -0.39 is 11.9 Å². The van der Waals surface area contributed by atoms with Crippen LogP contribution in [0.15, 0.2) is 0 Å². The van der Waals surface area contributed by atoms with Gasteiger partial charge in [0.2, 0.25) is 0 Å². The van der Waals surface area contributed by atoms with Crippen LogP contribution in [0.5, 0.6) is 0 Å². The Labute approximate surface area is 171 Å². The van der Waals surface area contributed by atoms with Gasteiger partial charge in [0.25, 0.3) is 0 Å². The molecule has 0 aliphatic rings. The quantitative estimate of drug-likeness (QED) is 0.145. The minimum atomic E-state index is -0.678. The molecule has 0 heterocycles. The molecule has 0 saturated heterocycles. The van der Waals surface area contributed by atoms with Gasteiger partial charge in [0.05, 0.1) is 0 Å². The predicted molar refractivity (Wildman–Crippen MR) is 116 cm³/mol. The van der Waals surface area contributed by atoms with E-state index >= 15 is 0 Å². The average molecular weight is 403 g/mol. The van der Waals surface area contributed by atoms with Crippen LogP contribution in [0.4, 0.5) is 0 Å². The summed E-state index contributed by atoms with van der Waals surface area (Å²) in [6.07, 6.45) is 20.5. The first-order chi connectivity index (χ1) is 13.0. The van der Waals surface area contributed by atoms with Gasteiger partial charge in [-0.15, -0.1) is 0 Å². The monoisotopic (exact) mass is 402 g/mol. The van der Waals surface area contributed by atoms with Gasteiger partial charge in [0.15, 0.2) is 0 Å². The molecule has 0 aliphatic carbocycles. The highest BCUT2D eigenvalue weighted by Crippen LogP contribution is 2.18. The van der Waals surface area contributed by atoms with Crippen LogP contribution in [0.25, 0.3) is 0 Å². The lowest BCUT2D eigenvalue weighted by Gasteiger charge is -2.10. The average Bonchev–Trinajstić information content (AvgIpc) is 2.61. The molecule has 0 radical (unpaired) electrons. The molecule has 0 aliphatic heterocycles. The molecule has 0 aromatic heterocycles. The highest BCUT2D eigenvalue weighted by molar-refractivity contribution is 7.80. The number of hydrogen-bond acceptors (Lipinski definition) is 3. The van der Waals surface area contributed by atoms with Crippen molar-refractivity contribution in [1.82, 2.24) is 0 Å². The lowest BCUT2D eigenvalue weighted by Crippen LogP contribution is -1.98. The van der Waals surface area contributed by atoms with Crippen LogP contribution in [0.1, 0.15) is 122 Å². The maximum Gasteiger partial charge on any atom is 0.303 e. The van der Waals surface area contributed by atoms with Gasteiger partial charge in [-0.1, -0.05) is 83.5 Å². The number of thiol groups is 1. The van der Waals surface area contributed by atoms with Gasteiger partial charge >= 0.3 is 11.9 Å². The van der Waals surface area contributed by atoms with Crippen LogP contribution in [0.3, 0.4) is 0 Å². The van der Waals surface area contributed by atoms with Gasteiger partial charge in [-0.25, -0.2) is 0 Å². The number of carboxylic acid groups (broad SMARTS) is 2. The zero-order valence-corrected chi connectivity index (χ0v) is 18.1. The van der Waals surface area contributed by atoms with Gasteiger partial charge in [-0.05, 0) is 25.7 Å². The minimum absolute atomic E-state index is 0.314. The summed E-state index contributed by atoms with van der Waals surface area (Å²) in [4.78, 5) is 20.8. The third-order valence-corrected chi connectivity index (χ3v) is 5.62. The van der Waals surface area contributed by atoms with E-state index in [9.17, 15) is 9.59 Å². The Morgan fingerprint density at radius 1 is 0.519 bits per heavy atom. The Kier molecular flexibility index (Phi) is 19.5. The van der Waals surface area contributed by atoms with E-state index in [1.807, 2.05) is 0 Å². The van der Waals surface area contributed by atoms with Crippen molar-refractivity contribution >= 4 is 24.6 Å². The number of carbonyl (C=O) groups is 2. The van der Waals surface area contributed by atoms with Crippen molar-refractivity contribution in [1.29, 1.82) is 0 Å². The molecule has 0 amide bonds. The third kappa shape index (κ3) is 23.3. The summed E-state index contributed by atoms with van der Waals surface area (Å²) in [5, 5.41) is 17.7. The predicted octanol–water partition coefficient (Wildman–Crippen LogP) is 6.87. The summed E-state index contributed by atoms with van der Waals surface area (Å²) in [6.45, 7) is 0. The summed E-state index contributed by atoms with van der Waals surface area (Å²) in [5.41, 5.74) is 0. The SMILES string of the molecule is O=C(O)CCCCCCCCCCC(S)CCCCCCCCCC(=O)O. The summed E-state index contributed by atoms with van der Waals surface area (Å²) < 4.78 is 0. The van der Waals surface area contributed by atoms with Crippen LogP contribution in [0, 0.1) is 0 Å². The van der Waals surface area contributed by atoms with E-state index in [4.69, 9.17) is 22.8 Å². The Balaban J connectivity index is 3.18. The highest BCUT2D eigenvalue weighted by Gasteiger charge is 2.03. The highest BCUT2D eigenvalue weighted by atomic mass is 32.1. The molecular weight excluding hydrogens is 360 g/mol. The lowest BCUT2D eigenvalue weighted by molar-refractivity contribution is -0.138. The number of hydrogen-bond donors (Lipinski definition) is 3. The smallest absolute Gasteiger partial charge is 0.303 e. The van der Waals surface area contributed by atoms with Crippen molar-refractivity contribution in [2.75, 3.05) is 0 Å².